The van der Waals surface area contributed by atoms with Crippen molar-refractivity contribution in [2.45, 2.75) is 43.0 Å². The molecule has 0 fully saturated rings. The number of nitrogens with zero attached hydrogens (tertiary/aromatic N) is 3. The molecule has 1 atom stereocenters. The molecule has 0 aliphatic carbocycles. The maximum Gasteiger partial charge on any atom is 0.169 e. The van der Waals surface area contributed by atoms with E-state index in [4.69, 9.17) is 5.26 Å². The lowest BCUT2D eigenvalue weighted by Gasteiger charge is -2.22. The molecule has 6 heteroatoms. The van der Waals surface area contributed by atoms with E-state index >= 15 is 0 Å². The van der Waals surface area contributed by atoms with E-state index in [2.05, 4.69) is 27.7 Å². The van der Waals surface area contributed by atoms with Crippen LogP contribution in [0.1, 0.15) is 33.1 Å². The SMILES string of the molecule is CCCNC(C)(C#N)CCCSc1ncns1. The Hall–Kier alpha value is -0.640. The second kappa shape index (κ2) is 7.64. The molecule has 0 saturated carbocycles. The highest BCUT2D eigenvalue weighted by Crippen LogP contribution is 2.21. The van der Waals surface area contributed by atoms with Crippen LogP contribution in [0.5, 0.6) is 0 Å². The highest BCUT2D eigenvalue weighted by atomic mass is 32.2. The molecule has 1 unspecified atom stereocenters. The molecular weight excluding hydrogens is 252 g/mol. The van der Waals surface area contributed by atoms with Gasteiger partial charge in [0.2, 0.25) is 0 Å². The van der Waals surface area contributed by atoms with Crippen molar-refractivity contribution in [3.05, 3.63) is 6.33 Å². The topological polar surface area (TPSA) is 61.6 Å². The fourth-order valence-corrected chi connectivity index (χ4v) is 2.85. The second-order valence-corrected chi connectivity index (χ2v) is 6.15. The maximum absolute atomic E-state index is 9.16. The van der Waals surface area contributed by atoms with E-state index in [0.717, 1.165) is 35.9 Å². The highest BCUT2D eigenvalue weighted by Gasteiger charge is 2.21. The van der Waals surface area contributed by atoms with Gasteiger partial charge in [0.05, 0.1) is 6.07 Å². The van der Waals surface area contributed by atoms with Crippen LogP contribution in [-0.2, 0) is 0 Å². The molecule has 0 radical (unpaired) electrons. The van der Waals surface area contributed by atoms with Crippen molar-refractivity contribution in [1.29, 1.82) is 5.26 Å². The molecule has 0 saturated heterocycles. The van der Waals surface area contributed by atoms with Gasteiger partial charge in [-0.3, -0.25) is 5.32 Å². The fraction of sp³-hybridized carbons (Fsp3) is 0.727. The number of nitrogens with one attached hydrogen (secondary N) is 1. The normalized spacial score (nSPS) is 14.2. The van der Waals surface area contributed by atoms with Gasteiger partial charge in [0, 0.05) is 5.75 Å². The van der Waals surface area contributed by atoms with Gasteiger partial charge >= 0.3 is 0 Å². The molecule has 0 aliphatic heterocycles. The van der Waals surface area contributed by atoms with E-state index < -0.39 is 5.54 Å². The molecule has 1 aromatic rings. The minimum atomic E-state index is -0.391. The van der Waals surface area contributed by atoms with Crippen LogP contribution in [0, 0.1) is 11.3 Å². The maximum atomic E-state index is 9.16. The predicted octanol–water partition coefficient (Wildman–Crippen LogP) is 2.69. The van der Waals surface area contributed by atoms with Gasteiger partial charge in [-0.05, 0) is 44.3 Å². The number of hydrogen-bond acceptors (Lipinski definition) is 6. The van der Waals surface area contributed by atoms with Crippen molar-refractivity contribution in [2.75, 3.05) is 12.3 Å². The van der Waals surface area contributed by atoms with Gasteiger partial charge in [-0.2, -0.15) is 9.64 Å². The molecule has 1 heterocycles. The Morgan fingerprint density at radius 1 is 1.65 bits per heavy atom. The monoisotopic (exact) mass is 270 g/mol. The number of rotatable bonds is 8. The van der Waals surface area contributed by atoms with Crippen LogP contribution < -0.4 is 5.32 Å². The van der Waals surface area contributed by atoms with Crippen LogP contribution in [-0.4, -0.2) is 27.2 Å². The van der Waals surface area contributed by atoms with Crippen LogP contribution in [0.25, 0.3) is 0 Å². The van der Waals surface area contributed by atoms with Crippen molar-refractivity contribution in [3.8, 4) is 6.07 Å². The van der Waals surface area contributed by atoms with Gasteiger partial charge in [-0.25, -0.2) is 4.98 Å². The summed E-state index contributed by atoms with van der Waals surface area (Å²) in [6.45, 7) is 4.97. The molecule has 17 heavy (non-hydrogen) atoms. The summed E-state index contributed by atoms with van der Waals surface area (Å²) < 4.78 is 4.96. The van der Waals surface area contributed by atoms with Crippen LogP contribution in [0.4, 0.5) is 0 Å². The first kappa shape index (κ1) is 14.4. The number of nitriles is 1. The molecule has 4 nitrogen and oxygen atoms in total. The average molecular weight is 270 g/mol. The first-order valence-corrected chi connectivity index (χ1v) is 7.52. The molecule has 1 aromatic heterocycles. The first-order chi connectivity index (χ1) is 8.20. The molecule has 1 rings (SSSR count). The third-order valence-electron chi connectivity index (χ3n) is 2.40. The third kappa shape index (κ3) is 5.48. The Morgan fingerprint density at radius 2 is 2.47 bits per heavy atom. The zero-order chi connectivity index (χ0) is 12.6. The molecular formula is C11H18N4S2. The summed E-state index contributed by atoms with van der Waals surface area (Å²) in [7, 11) is 0. The van der Waals surface area contributed by atoms with Gasteiger partial charge in [0.15, 0.2) is 4.34 Å². The summed E-state index contributed by atoms with van der Waals surface area (Å²) >= 11 is 3.13. The number of aromatic nitrogens is 2. The number of thioether (sulfide) groups is 1. The van der Waals surface area contributed by atoms with Crippen molar-refractivity contribution in [2.24, 2.45) is 0 Å². The van der Waals surface area contributed by atoms with E-state index in [-0.39, 0.29) is 0 Å². The summed E-state index contributed by atoms with van der Waals surface area (Å²) in [6, 6.07) is 2.36. The van der Waals surface area contributed by atoms with E-state index in [1.165, 1.54) is 11.5 Å². The Morgan fingerprint density at radius 3 is 3.06 bits per heavy atom. The molecule has 0 bridgehead atoms. The van der Waals surface area contributed by atoms with E-state index in [1.54, 1.807) is 18.1 Å². The Balaban J connectivity index is 2.21. The van der Waals surface area contributed by atoms with Crippen LogP contribution in [0.2, 0.25) is 0 Å². The van der Waals surface area contributed by atoms with Gasteiger partial charge in [-0.1, -0.05) is 18.7 Å². The zero-order valence-corrected chi connectivity index (χ0v) is 11.9. The number of hydrogen-bond donors (Lipinski definition) is 1. The summed E-state index contributed by atoms with van der Waals surface area (Å²) in [5.41, 5.74) is -0.391. The summed E-state index contributed by atoms with van der Waals surface area (Å²) in [5, 5.41) is 12.4. The second-order valence-electron chi connectivity index (χ2n) is 4.03. The first-order valence-electron chi connectivity index (χ1n) is 5.76. The van der Waals surface area contributed by atoms with Crippen molar-refractivity contribution >= 4 is 23.3 Å². The van der Waals surface area contributed by atoms with Gasteiger partial charge in [0.1, 0.15) is 11.9 Å². The lowest BCUT2D eigenvalue weighted by Crippen LogP contribution is -2.41. The van der Waals surface area contributed by atoms with Crippen LogP contribution in [0.3, 0.4) is 0 Å². The molecule has 94 valence electrons. The fourth-order valence-electron chi connectivity index (χ4n) is 1.40. The molecule has 0 spiro atoms. The summed E-state index contributed by atoms with van der Waals surface area (Å²) in [5.74, 6) is 0.986. The largest absolute Gasteiger partial charge is 0.300 e. The van der Waals surface area contributed by atoms with Crippen molar-refractivity contribution in [1.82, 2.24) is 14.7 Å². The minimum Gasteiger partial charge on any atom is -0.300 e. The van der Waals surface area contributed by atoms with E-state index in [1.807, 2.05) is 6.92 Å². The van der Waals surface area contributed by atoms with E-state index in [0.29, 0.717) is 0 Å². The predicted molar refractivity (Wildman–Crippen MR) is 72.2 cm³/mol. The smallest absolute Gasteiger partial charge is 0.169 e. The quantitative estimate of drug-likeness (QED) is 0.581. The summed E-state index contributed by atoms with van der Waals surface area (Å²) in [4.78, 5) is 4.11. The zero-order valence-electron chi connectivity index (χ0n) is 10.3. The van der Waals surface area contributed by atoms with Gasteiger partial charge in [0.25, 0.3) is 0 Å². The minimum absolute atomic E-state index is 0.391. The molecule has 1 N–H and O–H groups in total. The summed E-state index contributed by atoms with van der Waals surface area (Å²) in [6.07, 6.45) is 4.51. The van der Waals surface area contributed by atoms with Crippen LogP contribution in [0.15, 0.2) is 10.7 Å². The standard InChI is InChI=1S/C11H18N4S2/c1-3-6-14-11(2,8-12)5-4-7-16-10-13-9-15-17-10/h9,14H,3-7H2,1-2H3. The average Bonchev–Trinajstić information content (AvgIpc) is 2.85. The molecule has 0 aliphatic rings. The Bertz CT molecular complexity index is 347. The van der Waals surface area contributed by atoms with Crippen molar-refractivity contribution in [3.63, 3.8) is 0 Å². The van der Waals surface area contributed by atoms with Crippen LogP contribution >= 0.6 is 23.3 Å². The highest BCUT2D eigenvalue weighted by molar-refractivity contribution is 8.00. The van der Waals surface area contributed by atoms with Gasteiger partial charge < -0.3 is 0 Å². The third-order valence-corrected chi connectivity index (χ3v) is 4.28. The molecule has 0 amide bonds. The van der Waals surface area contributed by atoms with Crippen molar-refractivity contribution < 1.29 is 0 Å². The lowest BCUT2D eigenvalue weighted by molar-refractivity contribution is 0.415. The lowest BCUT2D eigenvalue weighted by atomic mass is 9.98. The van der Waals surface area contributed by atoms with Gasteiger partial charge in [-0.15, -0.1) is 0 Å². The molecule has 0 aromatic carbocycles. The Labute approximate surface area is 111 Å². The van der Waals surface area contributed by atoms with E-state index in [9.17, 15) is 0 Å². The Kier molecular flexibility index (Phi) is 6.48.